The molecule has 3 heterocycles. The molecule has 0 aliphatic carbocycles. The summed E-state index contributed by atoms with van der Waals surface area (Å²) in [6.07, 6.45) is 2.53. The van der Waals surface area contributed by atoms with Crippen LogP contribution in [0.2, 0.25) is 0 Å². The summed E-state index contributed by atoms with van der Waals surface area (Å²) in [6, 6.07) is 9.46. The lowest BCUT2D eigenvalue weighted by molar-refractivity contribution is -0.139. The Morgan fingerprint density at radius 3 is 2.87 bits per heavy atom. The fourth-order valence-electron chi connectivity index (χ4n) is 3.69. The predicted molar refractivity (Wildman–Crippen MR) is 118 cm³/mol. The highest BCUT2D eigenvalue weighted by atomic mass is 32.1. The first-order valence-electron chi connectivity index (χ1n) is 10.2. The largest absolute Gasteiger partial charge is 0.370 e. The number of rotatable bonds is 5. The van der Waals surface area contributed by atoms with E-state index in [0.29, 0.717) is 24.6 Å². The summed E-state index contributed by atoms with van der Waals surface area (Å²) in [6.45, 7) is 4.86. The molecule has 2 aromatic heterocycles. The second kappa shape index (κ2) is 8.99. The first kappa shape index (κ1) is 21.2. The summed E-state index contributed by atoms with van der Waals surface area (Å²) in [5.41, 5.74) is 0.354. The molecular weight excluding hydrogens is 416 g/mol. The van der Waals surface area contributed by atoms with Crippen LogP contribution in [0.1, 0.15) is 35.2 Å². The van der Waals surface area contributed by atoms with Gasteiger partial charge in [0.05, 0.1) is 18.0 Å². The topological polar surface area (TPSA) is 93.5 Å². The number of amides is 2. The second-order valence-corrected chi connectivity index (χ2v) is 8.75. The van der Waals surface area contributed by atoms with E-state index in [9.17, 15) is 14.4 Å². The van der Waals surface area contributed by atoms with Crippen LogP contribution in [0.15, 0.2) is 47.5 Å². The van der Waals surface area contributed by atoms with E-state index < -0.39 is 11.8 Å². The second-order valence-electron chi connectivity index (χ2n) is 7.70. The number of thiophene rings is 1. The van der Waals surface area contributed by atoms with Crippen LogP contribution in [0.25, 0.3) is 10.1 Å². The quantitative estimate of drug-likeness (QED) is 0.657. The molecule has 2 amide bonds. The van der Waals surface area contributed by atoms with Crippen LogP contribution >= 0.6 is 11.3 Å². The third-order valence-electron chi connectivity index (χ3n) is 5.09. The molecule has 1 N–H and O–H groups in total. The summed E-state index contributed by atoms with van der Waals surface area (Å²) in [5.74, 6) is -0.323. The van der Waals surface area contributed by atoms with E-state index in [2.05, 4.69) is 10.3 Å². The molecule has 1 saturated heterocycles. The van der Waals surface area contributed by atoms with Crippen molar-refractivity contribution in [3.63, 3.8) is 0 Å². The van der Waals surface area contributed by atoms with Gasteiger partial charge in [0, 0.05) is 35.2 Å². The molecule has 1 unspecified atom stereocenters. The number of hydrogen-bond acceptors (Lipinski definition) is 6. The molecule has 0 bridgehead atoms. The number of ether oxygens (including phenoxy) is 1. The van der Waals surface area contributed by atoms with E-state index in [-0.39, 0.29) is 24.4 Å². The maximum Gasteiger partial charge on any atom is 0.347 e. The number of morpholine rings is 1. The molecule has 1 atom stereocenters. The maximum absolute atomic E-state index is 12.9. The number of aromatic nitrogens is 2. The Hall–Kier alpha value is -3.04. The van der Waals surface area contributed by atoms with Crippen molar-refractivity contribution < 1.29 is 14.3 Å². The molecule has 1 fully saturated rings. The van der Waals surface area contributed by atoms with Crippen molar-refractivity contribution in [2.24, 2.45) is 0 Å². The zero-order valence-corrected chi connectivity index (χ0v) is 18.2. The Morgan fingerprint density at radius 2 is 2.10 bits per heavy atom. The molecule has 0 saturated carbocycles. The zero-order chi connectivity index (χ0) is 22.0. The van der Waals surface area contributed by atoms with Gasteiger partial charge in [0.15, 0.2) is 0 Å². The standard InChI is InChI=1S/C22H24N4O4S/c1-14(2)24-21(28)20-19(15-6-3-4-7-17(15)31-20)16-12-25(10-11-30-16)18(27)13-26-9-5-8-23-22(26)29/h3-9,14,16H,10-13H2,1-2H3,(H,24,28). The number of nitrogens with one attached hydrogen (secondary N) is 1. The van der Waals surface area contributed by atoms with Gasteiger partial charge in [-0.3, -0.25) is 14.2 Å². The lowest BCUT2D eigenvalue weighted by Crippen LogP contribution is -2.45. The maximum atomic E-state index is 12.9. The Kier molecular flexibility index (Phi) is 6.15. The van der Waals surface area contributed by atoms with Gasteiger partial charge in [0.1, 0.15) is 12.6 Å². The minimum absolute atomic E-state index is 0.00806. The molecule has 0 spiro atoms. The molecule has 0 radical (unpaired) electrons. The van der Waals surface area contributed by atoms with E-state index in [0.717, 1.165) is 15.6 Å². The van der Waals surface area contributed by atoms with Crippen molar-refractivity contribution in [1.29, 1.82) is 0 Å². The van der Waals surface area contributed by atoms with Crippen LogP contribution < -0.4 is 11.0 Å². The number of benzene rings is 1. The van der Waals surface area contributed by atoms with Crippen molar-refractivity contribution in [3.05, 3.63) is 63.7 Å². The van der Waals surface area contributed by atoms with Crippen LogP contribution in [0.4, 0.5) is 0 Å². The highest BCUT2D eigenvalue weighted by molar-refractivity contribution is 7.21. The number of hydrogen-bond donors (Lipinski definition) is 1. The fraction of sp³-hybridized carbons (Fsp3) is 0.364. The average molecular weight is 441 g/mol. The lowest BCUT2D eigenvalue weighted by atomic mass is 10.0. The molecule has 3 aromatic rings. The summed E-state index contributed by atoms with van der Waals surface area (Å²) < 4.78 is 8.32. The van der Waals surface area contributed by atoms with Gasteiger partial charge in [-0.2, -0.15) is 0 Å². The van der Waals surface area contributed by atoms with Gasteiger partial charge in [-0.15, -0.1) is 11.3 Å². The van der Waals surface area contributed by atoms with E-state index in [1.54, 1.807) is 17.2 Å². The van der Waals surface area contributed by atoms with Gasteiger partial charge in [0.2, 0.25) is 5.91 Å². The zero-order valence-electron chi connectivity index (χ0n) is 17.4. The minimum atomic E-state index is -0.461. The van der Waals surface area contributed by atoms with Gasteiger partial charge >= 0.3 is 5.69 Å². The number of carbonyl (C=O) groups is 2. The first-order valence-corrected chi connectivity index (χ1v) is 11.0. The SMILES string of the molecule is CC(C)NC(=O)c1sc2ccccc2c1C1CN(C(=O)Cn2cccnc2=O)CCO1. The Bertz CT molecular complexity index is 1170. The van der Waals surface area contributed by atoms with Gasteiger partial charge < -0.3 is 15.0 Å². The number of nitrogens with zero attached hydrogens (tertiary/aromatic N) is 3. The Labute approximate surface area is 183 Å². The molecule has 4 rings (SSSR count). The van der Waals surface area contributed by atoms with E-state index >= 15 is 0 Å². The first-order chi connectivity index (χ1) is 14.9. The molecule has 9 heteroatoms. The number of carbonyl (C=O) groups excluding carboxylic acids is 2. The smallest absolute Gasteiger partial charge is 0.347 e. The third kappa shape index (κ3) is 4.52. The number of fused-ring (bicyclic) bond motifs is 1. The van der Waals surface area contributed by atoms with E-state index in [1.165, 1.54) is 22.1 Å². The van der Waals surface area contributed by atoms with Crippen molar-refractivity contribution >= 4 is 33.2 Å². The summed E-state index contributed by atoms with van der Waals surface area (Å²) in [7, 11) is 0. The normalized spacial score (nSPS) is 16.6. The van der Waals surface area contributed by atoms with Crippen LogP contribution in [0.5, 0.6) is 0 Å². The van der Waals surface area contributed by atoms with E-state index in [4.69, 9.17) is 4.74 Å². The van der Waals surface area contributed by atoms with Crippen molar-refractivity contribution in [3.8, 4) is 0 Å². The van der Waals surface area contributed by atoms with Crippen molar-refractivity contribution in [2.45, 2.75) is 32.5 Å². The van der Waals surface area contributed by atoms with Gasteiger partial charge in [-0.1, -0.05) is 18.2 Å². The Morgan fingerprint density at radius 1 is 1.29 bits per heavy atom. The van der Waals surface area contributed by atoms with Gasteiger partial charge in [-0.25, -0.2) is 9.78 Å². The average Bonchev–Trinajstić information content (AvgIpc) is 3.15. The third-order valence-corrected chi connectivity index (χ3v) is 6.27. The minimum Gasteiger partial charge on any atom is -0.370 e. The van der Waals surface area contributed by atoms with Gasteiger partial charge in [0.25, 0.3) is 5.91 Å². The van der Waals surface area contributed by atoms with Crippen molar-refractivity contribution in [1.82, 2.24) is 19.8 Å². The highest BCUT2D eigenvalue weighted by Gasteiger charge is 2.31. The molecule has 1 aromatic carbocycles. The van der Waals surface area contributed by atoms with Crippen LogP contribution in [0.3, 0.4) is 0 Å². The van der Waals surface area contributed by atoms with Crippen molar-refractivity contribution in [2.75, 3.05) is 19.7 Å². The van der Waals surface area contributed by atoms with Crippen LogP contribution in [0, 0.1) is 0 Å². The predicted octanol–water partition coefficient (Wildman–Crippen LogP) is 2.20. The van der Waals surface area contributed by atoms with Crippen LogP contribution in [-0.2, 0) is 16.1 Å². The summed E-state index contributed by atoms with van der Waals surface area (Å²) >= 11 is 1.43. The molecule has 31 heavy (non-hydrogen) atoms. The van der Waals surface area contributed by atoms with Crippen LogP contribution in [-0.4, -0.2) is 52.0 Å². The molecule has 1 aliphatic rings. The van der Waals surface area contributed by atoms with E-state index in [1.807, 2.05) is 38.1 Å². The summed E-state index contributed by atoms with van der Waals surface area (Å²) in [5, 5.41) is 3.92. The highest BCUT2D eigenvalue weighted by Crippen LogP contribution is 2.38. The molecule has 1 aliphatic heterocycles. The molecule has 162 valence electrons. The fourth-order valence-corrected chi connectivity index (χ4v) is 4.84. The van der Waals surface area contributed by atoms with Gasteiger partial charge in [-0.05, 0) is 31.4 Å². The lowest BCUT2D eigenvalue weighted by Gasteiger charge is -2.33. The molecule has 8 nitrogen and oxygen atoms in total. The molecular formula is C22H24N4O4S. The monoisotopic (exact) mass is 440 g/mol. The summed E-state index contributed by atoms with van der Waals surface area (Å²) in [4.78, 5) is 43.6. The Balaban J connectivity index is 1.62.